The summed E-state index contributed by atoms with van der Waals surface area (Å²) in [4.78, 5) is -0.0138. The van der Waals surface area contributed by atoms with Crippen molar-refractivity contribution in [2.75, 3.05) is 19.6 Å². The molecule has 0 aliphatic carbocycles. The Hall–Kier alpha value is -0.770. The van der Waals surface area contributed by atoms with Gasteiger partial charge in [0.1, 0.15) is 11.4 Å². The molecule has 0 amide bonds. The van der Waals surface area contributed by atoms with E-state index in [-0.39, 0.29) is 23.3 Å². The van der Waals surface area contributed by atoms with E-state index >= 15 is 0 Å². The van der Waals surface area contributed by atoms with E-state index in [1.54, 1.807) is 0 Å². The number of nitrogens with one attached hydrogen (secondary N) is 1. The molecule has 1 aliphatic rings. The van der Waals surface area contributed by atoms with Gasteiger partial charge < -0.3 is 5.32 Å². The fourth-order valence-electron chi connectivity index (χ4n) is 2.67. The zero-order valence-electron chi connectivity index (χ0n) is 13.0. The Morgan fingerprint density at radius 2 is 2.09 bits per heavy atom. The monoisotopic (exact) mass is 372 g/mol. The van der Waals surface area contributed by atoms with Crippen LogP contribution in [0.15, 0.2) is 17.3 Å². The average molecular weight is 373 g/mol. The summed E-state index contributed by atoms with van der Waals surface area (Å²) in [5, 5.41) is 6.94. The van der Waals surface area contributed by atoms with Crippen molar-refractivity contribution in [2.45, 2.75) is 50.1 Å². The van der Waals surface area contributed by atoms with Crippen molar-refractivity contribution >= 4 is 22.4 Å². The van der Waals surface area contributed by atoms with Crippen LogP contribution < -0.4 is 5.32 Å². The van der Waals surface area contributed by atoms with Gasteiger partial charge in [-0.3, -0.25) is 4.68 Å². The Bertz CT molecular complexity index is 576. The first kappa shape index (κ1) is 20.3. The molecule has 1 N–H and O–H groups in total. The number of aromatic nitrogens is 2. The molecule has 1 fully saturated rings. The van der Waals surface area contributed by atoms with Crippen LogP contribution in [0.5, 0.6) is 0 Å². The van der Waals surface area contributed by atoms with Crippen molar-refractivity contribution in [1.29, 1.82) is 0 Å². The Labute approximate surface area is 141 Å². The van der Waals surface area contributed by atoms with Crippen molar-refractivity contribution in [3.05, 3.63) is 12.4 Å². The molecule has 6 nitrogen and oxygen atoms in total. The lowest BCUT2D eigenvalue weighted by Gasteiger charge is -2.33. The molecule has 1 aliphatic heterocycles. The fourth-order valence-corrected chi connectivity index (χ4v) is 4.40. The van der Waals surface area contributed by atoms with Crippen LogP contribution in [0.3, 0.4) is 0 Å². The van der Waals surface area contributed by atoms with Crippen molar-refractivity contribution in [1.82, 2.24) is 19.4 Å². The number of alkyl halides is 2. The average Bonchev–Trinajstić information content (AvgIpc) is 2.94. The molecular weight excluding hydrogens is 350 g/mol. The topological polar surface area (TPSA) is 67.2 Å². The highest BCUT2D eigenvalue weighted by molar-refractivity contribution is 7.89. The smallest absolute Gasteiger partial charge is 0.257 e. The Kier molecular flexibility index (Phi) is 7.85. The summed E-state index contributed by atoms with van der Waals surface area (Å²) in [7, 11) is -3.70. The van der Waals surface area contributed by atoms with Crippen LogP contribution in [0.25, 0.3) is 0 Å². The summed E-state index contributed by atoms with van der Waals surface area (Å²) in [6, 6.07) is -0.0513. The third-order valence-electron chi connectivity index (χ3n) is 3.70. The summed E-state index contributed by atoms with van der Waals surface area (Å²) < 4.78 is 52.8. The van der Waals surface area contributed by atoms with Gasteiger partial charge in [0.15, 0.2) is 0 Å². The van der Waals surface area contributed by atoms with Crippen LogP contribution in [0.2, 0.25) is 0 Å². The molecule has 0 saturated carbocycles. The first-order valence-electron chi connectivity index (χ1n) is 7.48. The quantitative estimate of drug-likeness (QED) is 0.791. The minimum absolute atomic E-state index is 0. The van der Waals surface area contributed by atoms with E-state index < -0.39 is 23.0 Å². The summed E-state index contributed by atoms with van der Waals surface area (Å²) in [6.07, 6.45) is 1.99. The van der Waals surface area contributed by atoms with Gasteiger partial charge in [0, 0.05) is 18.8 Å². The third kappa shape index (κ3) is 5.10. The Morgan fingerprint density at radius 3 is 2.65 bits per heavy atom. The van der Waals surface area contributed by atoms with E-state index in [0.717, 1.165) is 36.8 Å². The van der Waals surface area contributed by atoms with Gasteiger partial charge in [0.2, 0.25) is 10.0 Å². The molecule has 1 aromatic heterocycles. The molecule has 0 radical (unpaired) electrons. The summed E-state index contributed by atoms with van der Waals surface area (Å²) in [5.74, 6) is 0. The van der Waals surface area contributed by atoms with Crippen molar-refractivity contribution in [3.63, 3.8) is 0 Å². The first-order valence-corrected chi connectivity index (χ1v) is 8.92. The van der Waals surface area contributed by atoms with Crippen molar-refractivity contribution in [3.8, 4) is 0 Å². The summed E-state index contributed by atoms with van der Waals surface area (Å²) in [5.41, 5.74) is 0. The van der Waals surface area contributed by atoms with E-state index in [1.807, 2.05) is 6.92 Å². The largest absolute Gasteiger partial charge is 0.317 e. The molecule has 0 bridgehead atoms. The molecule has 2 heterocycles. The van der Waals surface area contributed by atoms with Gasteiger partial charge in [0.25, 0.3) is 6.43 Å². The van der Waals surface area contributed by atoms with Crippen LogP contribution in [-0.2, 0) is 16.6 Å². The van der Waals surface area contributed by atoms with Crippen LogP contribution >= 0.6 is 12.4 Å². The second-order valence-corrected chi connectivity index (χ2v) is 7.28. The minimum atomic E-state index is -3.70. The van der Waals surface area contributed by atoms with Crippen LogP contribution in [0, 0.1) is 0 Å². The zero-order chi connectivity index (χ0) is 16.2. The van der Waals surface area contributed by atoms with Crippen LogP contribution in [0.4, 0.5) is 8.78 Å². The summed E-state index contributed by atoms with van der Waals surface area (Å²) >= 11 is 0. The lowest BCUT2D eigenvalue weighted by Crippen LogP contribution is -2.46. The zero-order valence-corrected chi connectivity index (χ0v) is 14.6. The summed E-state index contributed by atoms with van der Waals surface area (Å²) in [6.45, 7) is 3.31. The predicted octanol–water partition coefficient (Wildman–Crippen LogP) is 1.72. The maximum absolute atomic E-state index is 12.8. The number of hydrogen-bond donors (Lipinski definition) is 1. The molecule has 10 heteroatoms. The third-order valence-corrected chi connectivity index (χ3v) is 5.61. The number of rotatable bonds is 7. The van der Waals surface area contributed by atoms with E-state index in [0.29, 0.717) is 13.0 Å². The number of sulfonamides is 1. The molecule has 2 rings (SSSR count). The highest BCUT2D eigenvalue weighted by atomic mass is 35.5. The van der Waals surface area contributed by atoms with Gasteiger partial charge in [-0.1, -0.05) is 6.92 Å². The lowest BCUT2D eigenvalue weighted by molar-refractivity contribution is 0.121. The fraction of sp³-hybridized carbons (Fsp3) is 0.769. The SMILES string of the molecule is CCCN(C1CCNCC1)S(=O)(=O)c1cnn(CC(F)F)c1.Cl. The van der Waals surface area contributed by atoms with Gasteiger partial charge in [-0.2, -0.15) is 9.40 Å². The molecule has 134 valence electrons. The van der Waals surface area contributed by atoms with Gasteiger partial charge in [-0.25, -0.2) is 17.2 Å². The predicted molar refractivity (Wildman–Crippen MR) is 85.6 cm³/mol. The molecule has 0 atom stereocenters. The maximum Gasteiger partial charge on any atom is 0.257 e. The van der Waals surface area contributed by atoms with E-state index in [2.05, 4.69) is 10.4 Å². The van der Waals surface area contributed by atoms with Crippen LogP contribution in [-0.4, -0.2) is 54.6 Å². The minimum Gasteiger partial charge on any atom is -0.317 e. The maximum atomic E-state index is 12.8. The van der Waals surface area contributed by atoms with E-state index in [4.69, 9.17) is 0 Å². The van der Waals surface area contributed by atoms with Gasteiger partial charge in [-0.15, -0.1) is 12.4 Å². The molecule has 23 heavy (non-hydrogen) atoms. The first-order chi connectivity index (χ1) is 10.4. The van der Waals surface area contributed by atoms with E-state index in [1.165, 1.54) is 10.5 Å². The van der Waals surface area contributed by atoms with Crippen molar-refractivity contribution in [2.24, 2.45) is 0 Å². The number of nitrogens with zero attached hydrogens (tertiary/aromatic N) is 3. The molecule has 0 spiro atoms. The number of halogens is 3. The standard InChI is InChI=1S/C13H22F2N4O2S.ClH/c1-2-7-19(11-3-5-16-6-4-11)22(20,21)12-8-17-18(9-12)10-13(14)15;/h8-9,11,13,16H,2-7,10H2,1H3;1H. The Morgan fingerprint density at radius 1 is 1.43 bits per heavy atom. The molecule has 0 aromatic carbocycles. The van der Waals surface area contributed by atoms with Gasteiger partial charge >= 0.3 is 0 Å². The molecule has 1 saturated heterocycles. The second kappa shape index (κ2) is 8.91. The molecular formula is C13H23ClF2N4O2S. The Balaban J connectivity index is 0.00000264. The molecule has 1 aromatic rings. The van der Waals surface area contributed by atoms with Crippen LogP contribution in [0.1, 0.15) is 26.2 Å². The number of hydrogen-bond acceptors (Lipinski definition) is 4. The molecule has 0 unspecified atom stereocenters. The number of piperidine rings is 1. The van der Waals surface area contributed by atoms with Gasteiger partial charge in [-0.05, 0) is 32.4 Å². The highest BCUT2D eigenvalue weighted by Gasteiger charge is 2.32. The van der Waals surface area contributed by atoms with E-state index in [9.17, 15) is 17.2 Å². The van der Waals surface area contributed by atoms with Gasteiger partial charge in [0.05, 0.1) is 6.20 Å². The van der Waals surface area contributed by atoms with Crippen molar-refractivity contribution < 1.29 is 17.2 Å². The second-order valence-electron chi connectivity index (χ2n) is 5.39. The highest BCUT2D eigenvalue weighted by Crippen LogP contribution is 2.22. The lowest BCUT2D eigenvalue weighted by atomic mass is 10.1. The normalized spacial score (nSPS) is 16.7.